The molecular weight excluding hydrogens is 288 g/mol. The predicted molar refractivity (Wildman–Crippen MR) is 90.5 cm³/mol. The van der Waals surface area contributed by atoms with Crippen molar-refractivity contribution in [2.75, 3.05) is 7.05 Å². The summed E-state index contributed by atoms with van der Waals surface area (Å²) in [6.07, 6.45) is 0.354. The van der Waals surface area contributed by atoms with E-state index in [9.17, 15) is 9.59 Å². The van der Waals surface area contributed by atoms with Gasteiger partial charge < -0.3 is 10.2 Å². The van der Waals surface area contributed by atoms with Gasteiger partial charge in [0.15, 0.2) is 0 Å². The molecule has 0 fully saturated rings. The third-order valence-corrected chi connectivity index (χ3v) is 3.74. The average molecular weight is 310 g/mol. The second-order valence-corrected chi connectivity index (χ2v) is 5.29. The van der Waals surface area contributed by atoms with Crippen LogP contribution in [0.5, 0.6) is 0 Å². The molecule has 0 aliphatic carbocycles. The Labute approximate surface area is 137 Å². The van der Waals surface area contributed by atoms with E-state index in [2.05, 4.69) is 5.32 Å². The number of hydrogen-bond acceptors (Lipinski definition) is 2. The fourth-order valence-corrected chi connectivity index (χ4v) is 2.55. The standard InChI is InChI=1S/C19H22N2O2/c1-3-17(22)21(14-15-10-6-4-7-11-15)18(19(23)20-2)16-12-8-5-9-13-16/h4-13,18H,3,14H2,1-2H3,(H,20,23)/t18-/m1/s1. The van der Waals surface area contributed by atoms with Gasteiger partial charge in [0, 0.05) is 20.0 Å². The van der Waals surface area contributed by atoms with Crippen molar-refractivity contribution < 1.29 is 9.59 Å². The van der Waals surface area contributed by atoms with Crippen molar-refractivity contribution in [1.82, 2.24) is 10.2 Å². The van der Waals surface area contributed by atoms with Gasteiger partial charge in [0.1, 0.15) is 6.04 Å². The molecule has 1 N–H and O–H groups in total. The fraction of sp³-hybridized carbons (Fsp3) is 0.263. The lowest BCUT2D eigenvalue weighted by Crippen LogP contribution is -2.42. The Balaban J connectivity index is 2.40. The Bertz CT molecular complexity index is 641. The lowest BCUT2D eigenvalue weighted by Gasteiger charge is -2.31. The molecule has 2 aromatic carbocycles. The zero-order chi connectivity index (χ0) is 16.7. The number of nitrogens with one attached hydrogen (secondary N) is 1. The molecule has 0 aliphatic rings. The molecule has 0 bridgehead atoms. The Morgan fingerprint density at radius 2 is 1.57 bits per heavy atom. The van der Waals surface area contributed by atoms with Crippen LogP contribution in [-0.2, 0) is 16.1 Å². The lowest BCUT2D eigenvalue weighted by atomic mass is 10.0. The van der Waals surface area contributed by atoms with Gasteiger partial charge in [-0.1, -0.05) is 67.6 Å². The van der Waals surface area contributed by atoms with E-state index < -0.39 is 6.04 Å². The molecule has 0 saturated carbocycles. The van der Waals surface area contributed by atoms with Gasteiger partial charge in [-0.3, -0.25) is 9.59 Å². The summed E-state index contributed by atoms with van der Waals surface area (Å²) in [4.78, 5) is 26.6. The van der Waals surface area contributed by atoms with Crippen molar-refractivity contribution in [3.8, 4) is 0 Å². The average Bonchev–Trinajstić information content (AvgIpc) is 2.62. The highest BCUT2D eigenvalue weighted by Crippen LogP contribution is 2.24. The predicted octanol–water partition coefficient (Wildman–Crippen LogP) is 2.91. The molecule has 0 heterocycles. The summed E-state index contributed by atoms with van der Waals surface area (Å²) in [5.41, 5.74) is 1.81. The van der Waals surface area contributed by atoms with Crippen LogP contribution in [0.25, 0.3) is 0 Å². The first-order valence-electron chi connectivity index (χ1n) is 7.77. The van der Waals surface area contributed by atoms with E-state index in [0.717, 1.165) is 11.1 Å². The van der Waals surface area contributed by atoms with Gasteiger partial charge in [0.25, 0.3) is 0 Å². The van der Waals surface area contributed by atoms with E-state index in [1.54, 1.807) is 11.9 Å². The number of carbonyl (C=O) groups is 2. The highest BCUT2D eigenvalue weighted by Gasteiger charge is 2.29. The van der Waals surface area contributed by atoms with Gasteiger partial charge in [-0.25, -0.2) is 0 Å². The smallest absolute Gasteiger partial charge is 0.247 e. The number of rotatable bonds is 6. The molecule has 4 nitrogen and oxygen atoms in total. The van der Waals surface area contributed by atoms with Crippen molar-refractivity contribution in [1.29, 1.82) is 0 Å². The summed E-state index contributed by atoms with van der Waals surface area (Å²) in [6.45, 7) is 2.22. The van der Waals surface area contributed by atoms with Crippen molar-refractivity contribution in [3.63, 3.8) is 0 Å². The summed E-state index contributed by atoms with van der Waals surface area (Å²) in [5, 5.41) is 2.68. The summed E-state index contributed by atoms with van der Waals surface area (Å²) in [7, 11) is 1.59. The maximum atomic E-state index is 12.5. The minimum Gasteiger partial charge on any atom is -0.357 e. The van der Waals surface area contributed by atoms with Crippen LogP contribution in [0.3, 0.4) is 0 Å². The molecule has 4 heteroatoms. The Morgan fingerprint density at radius 3 is 2.09 bits per heavy atom. The second kappa shape index (κ2) is 8.13. The van der Waals surface area contributed by atoms with Crippen molar-refractivity contribution in [2.45, 2.75) is 25.9 Å². The molecule has 2 aromatic rings. The third kappa shape index (κ3) is 4.19. The first-order chi connectivity index (χ1) is 11.2. The van der Waals surface area contributed by atoms with Gasteiger partial charge in [0.2, 0.25) is 11.8 Å². The molecule has 120 valence electrons. The van der Waals surface area contributed by atoms with Crippen LogP contribution < -0.4 is 5.32 Å². The zero-order valence-corrected chi connectivity index (χ0v) is 13.5. The monoisotopic (exact) mass is 310 g/mol. The lowest BCUT2D eigenvalue weighted by molar-refractivity contribution is -0.141. The van der Waals surface area contributed by atoms with E-state index in [-0.39, 0.29) is 11.8 Å². The molecule has 0 aromatic heterocycles. The largest absolute Gasteiger partial charge is 0.357 e. The SMILES string of the molecule is CCC(=O)N(Cc1ccccc1)[C@@H](C(=O)NC)c1ccccc1. The van der Waals surface area contributed by atoms with Crippen molar-refractivity contribution in [3.05, 3.63) is 71.8 Å². The van der Waals surface area contributed by atoms with E-state index in [1.807, 2.05) is 67.6 Å². The molecule has 0 saturated heterocycles. The van der Waals surface area contributed by atoms with Crippen LogP contribution in [0, 0.1) is 0 Å². The highest BCUT2D eigenvalue weighted by molar-refractivity contribution is 5.88. The topological polar surface area (TPSA) is 49.4 Å². The number of likely N-dealkylation sites (N-methyl/N-ethyl adjacent to an activating group) is 1. The Kier molecular flexibility index (Phi) is 5.92. The number of carbonyl (C=O) groups excluding carboxylic acids is 2. The van der Waals surface area contributed by atoms with E-state index in [4.69, 9.17) is 0 Å². The number of amides is 2. The first-order valence-corrected chi connectivity index (χ1v) is 7.77. The summed E-state index contributed by atoms with van der Waals surface area (Å²) >= 11 is 0. The Morgan fingerprint density at radius 1 is 1.00 bits per heavy atom. The normalized spacial score (nSPS) is 11.6. The van der Waals surface area contributed by atoms with E-state index in [0.29, 0.717) is 13.0 Å². The van der Waals surface area contributed by atoms with Crippen LogP contribution in [0.15, 0.2) is 60.7 Å². The van der Waals surface area contributed by atoms with Gasteiger partial charge in [-0.15, -0.1) is 0 Å². The minimum absolute atomic E-state index is 0.0497. The van der Waals surface area contributed by atoms with E-state index >= 15 is 0 Å². The third-order valence-electron chi connectivity index (χ3n) is 3.74. The molecule has 1 atom stereocenters. The van der Waals surface area contributed by atoms with Crippen LogP contribution in [0.2, 0.25) is 0 Å². The highest BCUT2D eigenvalue weighted by atomic mass is 16.2. The van der Waals surface area contributed by atoms with Crippen LogP contribution in [0.1, 0.15) is 30.5 Å². The number of nitrogens with zero attached hydrogens (tertiary/aromatic N) is 1. The number of hydrogen-bond donors (Lipinski definition) is 1. The Hall–Kier alpha value is -2.62. The maximum absolute atomic E-state index is 12.5. The van der Waals surface area contributed by atoms with Gasteiger partial charge >= 0.3 is 0 Å². The molecule has 0 aliphatic heterocycles. The van der Waals surface area contributed by atoms with Crippen LogP contribution in [0.4, 0.5) is 0 Å². The molecule has 2 amide bonds. The van der Waals surface area contributed by atoms with Crippen molar-refractivity contribution >= 4 is 11.8 Å². The van der Waals surface area contributed by atoms with Crippen molar-refractivity contribution in [2.24, 2.45) is 0 Å². The summed E-state index contributed by atoms with van der Waals surface area (Å²) < 4.78 is 0. The zero-order valence-electron chi connectivity index (χ0n) is 13.5. The van der Waals surface area contributed by atoms with Crippen LogP contribution in [-0.4, -0.2) is 23.8 Å². The first kappa shape index (κ1) is 16.7. The fourth-order valence-electron chi connectivity index (χ4n) is 2.55. The summed E-state index contributed by atoms with van der Waals surface area (Å²) in [5.74, 6) is -0.236. The number of benzene rings is 2. The maximum Gasteiger partial charge on any atom is 0.247 e. The van der Waals surface area contributed by atoms with Crippen LogP contribution >= 0.6 is 0 Å². The second-order valence-electron chi connectivity index (χ2n) is 5.29. The van der Waals surface area contributed by atoms with Gasteiger partial charge in [0.05, 0.1) is 0 Å². The molecular formula is C19H22N2O2. The molecule has 2 rings (SSSR count). The molecule has 0 radical (unpaired) electrons. The molecule has 0 unspecified atom stereocenters. The molecule has 0 spiro atoms. The molecule has 23 heavy (non-hydrogen) atoms. The quantitative estimate of drug-likeness (QED) is 0.892. The minimum atomic E-state index is -0.631. The summed E-state index contributed by atoms with van der Waals surface area (Å²) in [6, 6.07) is 18.5. The van der Waals surface area contributed by atoms with Gasteiger partial charge in [-0.05, 0) is 11.1 Å². The van der Waals surface area contributed by atoms with E-state index in [1.165, 1.54) is 0 Å². The van der Waals surface area contributed by atoms with Gasteiger partial charge in [-0.2, -0.15) is 0 Å².